The molecule has 0 aliphatic rings. The number of H-pyrrole nitrogens is 1. The predicted octanol–water partition coefficient (Wildman–Crippen LogP) is 1.85. The summed E-state index contributed by atoms with van der Waals surface area (Å²) in [6.07, 6.45) is 0.891. The van der Waals surface area contributed by atoms with Crippen molar-refractivity contribution >= 4 is 21.9 Å². The van der Waals surface area contributed by atoms with Crippen LogP contribution in [-0.2, 0) is 4.74 Å². The zero-order valence-corrected chi connectivity index (χ0v) is 8.46. The highest BCUT2D eigenvalue weighted by atomic mass is 79.9. The van der Waals surface area contributed by atoms with Crippen molar-refractivity contribution in [2.24, 2.45) is 0 Å². The lowest BCUT2D eigenvalue weighted by molar-refractivity contribution is 0.0429. The van der Waals surface area contributed by atoms with Gasteiger partial charge in [0.1, 0.15) is 11.8 Å². The van der Waals surface area contributed by atoms with E-state index in [1.807, 2.05) is 0 Å². The van der Waals surface area contributed by atoms with Crippen LogP contribution in [0.15, 0.2) is 16.7 Å². The highest BCUT2D eigenvalue weighted by Gasteiger charge is 2.12. The number of halogens is 1. The molecule has 0 radical (unpaired) electrons. The minimum atomic E-state index is -0.727. The minimum Gasteiger partial charge on any atom is -0.443 e. The molecule has 0 saturated carbocycles. The van der Waals surface area contributed by atoms with Crippen molar-refractivity contribution in [3.05, 3.63) is 22.4 Å². The van der Waals surface area contributed by atoms with Crippen LogP contribution in [0.5, 0.6) is 0 Å². The number of aromatic nitrogens is 1. The Balaban J connectivity index is 2.65. The Morgan fingerprint density at radius 3 is 3.00 bits per heavy atom. The molecule has 0 fully saturated rings. The van der Waals surface area contributed by atoms with Gasteiger partial charge in [-0.15, -0.1) is 0 Å². The third kappa shape index (κ3) is 2.60. The number of hydrogen-bond acceptors (Lipinski definition) is 3. The van der Waals surface area contributed by atoms with Crippen molar-refractivity contribution in [3.63, 3.8) is 0 Å². The summed E-state index contributed by atoms with van der Waals surface area (Å²) in [4.78, 5) is 13.9. The molecular formula is C8H7BrN2O2. The average molecular weight is 243 g/mol. The van der Waals surface area contributed by atoms with Gasteiger partial charge < -0.3 is 9.72 Å². The van der Waals surface area contributed by atoms with Gasteiger partial charge in [-0.05, 0) is 28.9 Å². The summed E-state index contributed by atoms with van der Waals surface area (Å²) in [6, 6.07) is 3.39. The summed E-state index contributed by atoms with van der Waals surface area (Å²) in [7, 11) is 0. The largest absolute Gasteiger partial charge is 0.443 e. The summed E-state index contributed by atoms with van der Waals surface area (Å²) in [6.45, 7) is 1.51. The number of carbonyl (C=O) groups excluding carboxylic acids is 1. The first-order chi connectivity index (χ1) is 6.13. The molecular weight excluding hydrogens is 236 g/mol. The monoisotopic (exact) mass is 242 g/mol. The predicted molar refractivity (Wildman–Crippen MR) is 49.0 cm³/mol. The molecule has 0 bridgehead atoms. The van der Waals surface area contributed by atoms with Crippen LogP contribution in [0.3, 0.4) is 0 Å². The number of hydrogen-bond donors (Lipinski definition) is 1. The summed E-state index contributed by atoms with van der Waals surface area (Å²) in [5.74, 6) is -0.528. The number of carbonyl (C=O) groups is 1. The average Bonchev–Trinajstić information content (AvgIpc) is 2.51. The third-order valence-corrected chi connectivity index (χ3v) is 1.79. The Hall–Kier alpha value is -1.28. The van der Waals surface area contributed by atoms with Crippen LogP contribution < -0.4 is 0 Å². The van der Waals surface area contributed by atoms with Gasteiger partial charge in [-0.25, -0.2) is 4.79 Å². The lowest BCUT2D eigenvalue weighted by atomic mass is 10.4. The van der Waals surface area contributed by atoms with Gasteiger partial charge in [0.15, 0.2) is 6.10 Å². The second-order valence-corrected chi connectivity index (χ2v) is 3.32. The molecule has 0 aromatic carbocycles. The molecule has 1 heterocycles. The number of ether oxygens (including phenoxy) is 1. The van der Waals surface area contributed by atoms with Gasteiger partial charge in [-0.2, -0.15) is 5.26 Å². The lowest BCUT2D eigenvalue weighted by Crippen LogP contribution is -2.13. The molecule has 68 valence electrons. The highest BCUT2D eigenvalue weighted by molar-refractivity contribution is 9.10. The van der Waals surface area contributed by atoms with E-state index in [0.29, 0.717) is 5.69 Å². The zero-order chi connectivity index (χ0) is 9.84. The van der Waals surface area contributed by atoms with Crippen molar-refractivity contribution in [1.29, 1.82) is 5.26 Å². The molecule has 0 aliphatic carbocycles. The second kappa shape index (κ2) is 4.10. The standard InChI is InChI=1S/C8H7BrN2O2/c1-5(3-10)13-8(12)7-2-6(9)4-11-7/h2,4-5,11H,1H3. The maximum Gasteiger partial charge on any atom is 0.356 e. The van der Waals surface area contributed by atoms with Crippen LogP contribution in [-0.4, -0.2) is 17.1 Å². The van der Waals surface area contributed by atoms with Crippen LogP contribution in [0.1, 0.15) is 17.4 Å². The fraction of sp³-hybridized carbons (Fsp3) is 0.250. The number of nitrogens with zero attached hydrogens (tertiary/aromatic N) is 1. The number of esters is 1. The maximum atomic E-state index is 11.2. The molecule has 1 aromatic heterocycles. The molecule has 1 atom stereocenters. The Morgan fingerprint density at radius 1 is 1.85 bits per heavy atom. The topological polar surface area (TPSA) is 65.9 Å². The van der Waals surface area contributed by atoms with Crippen molar-refractivity contribution in [2.75, 3.05) is 0 Å². The SMILES string of the molecule is CC(C#N)OC(=O)c1cc(Br)c[nH]1. The van der Waals surface area contributed by atoms with Crippen LogP contribution in [0, 0.1) is 11.3 Å². The molecule has 4 nitrogen and oxygen atoms in total. The first-order valence-electron chi connectivity index (χ1n) is 3.58. The van der Waals surface area contributed by atoms with Crippen molar-refractivity contribution < 1.29 is 9.53 Å². The molecule has 0 amide bonds. The number of nitriles is 1. The smallest absolute Gasteiger partial charge is 0.356 e. The van der Waals surface area contributed by atoms with E-state index < -0.39 is 12.1 Å². The number of rotatable bonds is 2. The van der Waals surface area contributed by atoms with Crippen LogP contribution in [0.25, 0.3) is 0 Å². The maximum absolute atomic E-state index is 11.2. The third-order valence-electron chi connectivity index (χ3n) is 1.33. The van der Waals surface area contributed by atoms with E-state index in [1.165, 1.54) is 6.92 Å². The van der Waals surface area contributed by atoms with Crippen molar-refractivity contribution in [3.8, 4) is 6.07 Å². The van der Waals surface area contributed by atoms with E-state index in [4.69, 9.17) is 10.00 Å². The fourth-order valence-electron chi connectivity index (χ4n) is 0.736. The first-order valence-corrected chi connectivity index (χ1v) is 4.37. The van der Waals surface area contributed by atoms with Gasteiger partial charge in [-0.1, -0.05) is 0 Å². The van der Waals surface area contributed by atoms with Gasteiger partial charge in [-0.3, -0.25) is 0 Å². The van der Waals surface area contributed by atoms with Gasteiger partial charge in [0, 0.05) is 10.7 Å². The minimum absolute atomic E-state index is 0.328. The highest BCUT2D eigenvalue weighted by Crippen LogP contribution is 2.11. The van der Waals surface area contributed by atoms with E-state index in [0.717, 1.165) is 4.47 Å². The Bertz CT molecular complexity index is 353. The van der Waals surface area contributed by atoms with Gasteiger partial charge in [0.25, 0.3) is 0 Å². The van der Waals surface area contributed by atoms with Crippen molar-refractivity contribution in [2.45, 2.75) is 13.0 Å². The summed E-state index contributed by atoms with van der Waals surface area (Å²) in [5.41, 5.74) is 0.328. The molecule has 13 heavy (non-hydrogen) atoms. The summed E-state index contributed by atoms with van der Waals surface area (Å²) >= 11 is 3.18. The normalized spacial score (nSPS) is 11.8. The summed E-state index contributed by atoms with van der Waals surface area (Å²) < 4.78 is 5.51. The Labute approximate surface area is 83.6 Å². The lowest BCUT2D eigenvalue weighted by Gasteiger charge is -2.02. The molecule has 1 rings (SSSR count). The molecule has 1 N–H and O–H groups in total. The number of aromatic amines is 1. The quantitative estimate of drug-likeness (QED) is 0.806. The molecule has 0 spiro atoms. The van der Waals surface area contributed by atoms with Gasteiger partial charge >= 0.3 is 5.97 Å². The fourth-order valence-corrected chi connectivity index (χ4v) is 1.08. The number of nitrogens with one attached hydrogen (secondary N) is 1. The zero-order valence-electron chi connectivity index (χ0n) is 6.87. The van der Waals surface area contributed by atoms with E-state index in [2.05, 4.69) is 20.9 Å². The summed E-state index contributed by atoms with van der Waals surface area (Å²) in [5, 5.41) is 8.39. The van der Waals surface area contributed by atoms with E-state index in [-0.39, 0.29) is 0 Å². The van der Waals surface area contributed by atoms with Crippen LogP contribution >= 0.6 is 15.9 Å². The van der Waals surface area contributed by atoms with E-state index in [9.17, 15) is 4.79 Å². The van der Waals surface area contributed by atoms with Gasteiger partial charge in [0.2, 0.25) is 0 Å². The Morgan fingerprint density at radius 2 is 2.54 bits per heavy atom. The molecule has 1 unspecified atom stereocenters. The van der Waals surface area contributed by atoms with Gasteiger partial charge in [0.05, 0.1) is 0 Å². The van der Waals surface area contributed by atoms with Crippen LogP contribution in [0.2, 0.25) is 0 Å². The van der Waals surface area contributed by atoms with E-state index in [1.54, 1.807) is 18.3 Å². The first kappa shape index (κ1) is 9.81. The van der Waals surface area contributed by atoms with E-state index >= 15 is 0 Å². The van der Waals surface area contributed by atoms with Crippen LogP contribution in [0.4, 0.5) is 0 Å². The molecule has 1 aromatic rings. The molecule has 0 aliphatic heterocycles. The Kier molecular flexibility index (Phi) is 3.09. The molecule has 0 saturated heterocycles. The molecule has 5 heteroatoms. The van der Waals surface area contributed by atoms with Crippen molar-refractivity contribution in [1.82, 2.24) is 4.98 Å². The second-order valence-electron chi connectivity index (χ2n) is 2.41.